The van der Waals surface area contributed by atoms with Gasteiger partial charge in [0.05, 0.1) is 17.6 Å². The van der Waals surface area contributed by atoms with Gasteiger partial charge in [-0.05, 0) is 18.1 Å². The molecule has 1 aromatic heterocycles. The lowest BCUT2D eigenvalue weighted by Gasteiger charge is -2.09. The van der Waals surface area contributed by atoms with E-state index in [4.69, 9.17) is 18.0 Å². The Balaban J connectivity index is 2.29. The Kier molecular flexibility index (Phi) is 6.21. The minimum Gasteiger partial charge on any atom is -0.388 e. The van der Waals surface area contributed by atoms with Crippen LogP contribution in [0.1, 0.15) is 26.0 Å². The molecule has 0 radical (unpaired) electrons. The first-order chi connectivity index (χ1) is 8.99. The van der Waals surface area contributed by atoms with Gasteiger partial charge in [0.1, 0.15) is 4.99 Å². The van der Waals surface area contributed by atoms with Gasteiger partial charge in [0.2, 0.25) is 5.91 Å². The zero-order chi connectivity index (χ0) is 14.3. The molecule has 0 aliphatic rings. The second-order valence-electron chi connectivity index (χ2n) is 4.67. The number of carbonyl (C=O) groups excluding carboxylic acids is 1. The van der Waals surface area contributed by atoms with E-state index in [0.29, 0.717) is 31.1 Å². The SMILES string of the molecule is CC(C)CNC(=O)CCNc1ccc(C(N)=S)nc1. The number of anilines is 1. The molecule has 0 aromatic carbocycles. The Bertz CT molecular complexity index is 431. The molecule has 1 amide bonds. The van der Waals surface area contributed by atoms with Crippen molar-refractivity contribution in [2.45, 2.75) is 20.3 Å². The first-order valence-corrected chi connectivity index (χ1v) is 6.66. The van der Waals surface area contributed by atoms with E-state index in [1.807, 2.05) is 6.07 Å². The second kappa shape index (κ2) is 7.68. The maximum absolute atomic E-state index is 11.5. The third-order valence-electron chi connectivity index (χ3n) is 2.40. The highest BCUT2D eigenvalue weighted by Crippen LogP contribution is 2.06. The number of carbonyl (C=O) groups is 1. The van der Waals surface area contributed by atoms with Crippen LogP contribution in [0.2, 0.25) is 0 Å². The molecule has 0 aliphatic heterocycles. The number of hydrogen-bond donors (Lipinski definition) is 3. The highest BCUT2D eigenvalue weighted by molar-refractivity contribution is 7.80. The average Bonchev–Trinajstić information content (AvgIpc) is 2.37. The van der Waals surface area contributed by atoms with Crippen molar-refractivity contribution in [1.29, 1.82) is 0 Å². The fourth-order valence-electron chi connectivity index (χ4n) is 1.37. The summed E-state index contributed by atoms with van der Waals surface area (Å²) >= 11 is 4.82. The van der Waals surface area contributed by atoms with Crippen molar-refractivity contribution >= 4 is 28.8 Å². The number of thiocarbonyl (C=S) groups is 1. The smallest absolute Gasteiger partial charge is 0.221 e. The molecule has 6 heteroatoms. The van der Waals surface area contributed by atoms with Crippen molar-refractivity contribution in [1.82, 2.24) is 10.3 Å². The third kappa shape index (κ3) is 6.15. The number of nitrogens with two attached hydrogens (primary N) is 1. The largest absolute Gasteiger partial charge is 0.388 e. The first kappa shape index (κ1) is 15.4. The van der Waals surface area contributed by atoms with E-state index in [9.17, 15) is 4.79 Å². The number of aromatic nitrogens is 1. The number of hydrogen-bond acceptors (Lipinski definition) is 4. The molecular weight excluding hydrogens is 260 g/mol. The summed E-state index contributed by atoms with van der Waals surface area (Å²) in [6, 6.07) is 3.59. The van der Waals surface area contributed by atoms with Gasteiger partial charge < -0.3 is 16.4 Å². The summed E-state index contributed by atoms with van der Waals surface area (Å²) in [5.74, 6) is 0.516. The average molecular weight is 280 g/mol. The standard InChI is InChI=1S/C13H20N4OS/c1-9(2)7-17-12(18)5-6-15-10-3-4-11(13(14)19)16-8-10/h3-4,8-9,15H,5-7H2,1-2H3,(H2,14,19)(H,17,18). The molecule has 1 aromatic rings. The number of nitrogens with one attached hydrogen (secondary N) is 2. The molecule has 0 saturated heterocycles. The van der Waals surface area contributed by atoms with Gasteiger partial charge in [-0.1, -0.05) is 26.1 Å². The molecule has 0 saturated carbocycles. The highest BCUT2D eigenvalue weighted by Gasteiger charge is 2.02. The van der Waals surface area contributed by atoms with E-state index in [0.717, 1.165) is 5.69 Å². The summed E-state index contributed by atoms with van der Waals surface area (Å²) in [7, 11) is 0. The van der Waals surface area contributed by atoms with Gasteiger partial charge >= 0.3 is 0 Å². The van der Waals surface area contributed by atoms with Gasteiger partial charge in [-0.3, -0.25) is 9.78 Å². The van der Waals surface area contributed by atoms with E-state index in [1.165, 1.54) is 0 Å². The van der Waals surface area contributed by atoms with Crippen molar-refractivity contribution in [3.63, 3.8) is 0 Å². The second-order valence-corrected chi connectivity index (χ2v) is 5.11. The van der Waals surface area contributed by atoms with Crippen molar-refractivity contribution < 1.29 is 4.79 Å². The Morgan fingerprint density at radius 2 is 2.21 bits per heavy atom. The number of pyridine rings is 1. The summed E-state index contributed by atoms with van der Waals surface area (Å²) in [5.41, 5.74) is 6.89. The van der Waals surface area contributed by atoms with Crippen molar-refractivity contribution in [2.24, 2.45) is 11.7 Å². The van der Waals surface area contributed by atoms with Gasteiger partial charge in [-0.15, -0.1) is 0 Å². The maximum Gasteiger partial charge on any atom is 0.221 e. The number of rotatable bonds is 7. The summed E-state index contributed by atoms with van der Waals surface area (Å²) in [4.78, 5) is 15.9. The molecule has 5 nitrogen and oxygen atoms in total. The molecule has 0 atom stereocenters. The van der Waals surface area contributed by atoms with E-state index in [1.54, 1.807) is 12.3 Å². The molecule has 4 N–H and O–H groups in total. The zero-order valence-electron chi connectivity index (χ0n) is 11.3. The van der Waals surface area contributed by atoms with Crippen LogP contribution in [-0.2, 0) is 4.79 Å². The lowest BCUT2D eigenvalue weighted by Crippen LogP contribution is -2.28. The molecule has 19 heavy (non-hydrogen) atoms. The molecular formula is C13H20N4OS. The lowest BCUT2D eigenvalue weighted by molar-refractivity contribution is -0.120. The van der Waals surface area contributed by atoms with Crippen LogP contribution >= 0.6 is 12.2 Å². The Hall–Kier alpha value is -1.69. The van der Waals surface area contributed by atoms with Gasteiger partial charge in [-0.2, -0.15) is 0 Å². The van der Waals surface area contributed by atoms with Crippen LogP contribution in [-0.4, -0.2) is 29.0 Å². The highest BCUT2D eigenvalue weighted by atomic mass is 32.1. The summed E-state index contributed by atoms with van der Waals surface area (Å²) in [5, 5.41) is 5.99. The molecule has 0 fully saturated rings. The summed E-state index contributed by atoms with van der Waals surface area (Å²) in [6.45, 7) is 5.41. The number of nitrogens with zero attached hydrogens (tertiary/aromatic N) is 1. The molecule has 1 heterocycles. The van der Waals surface area contributed by atoms with Gasteiger partial charge in [-0.25, -0.2) is 0 Å². The molecule has 0 aliphatic carbocycles. The van der Waals surface area contributed by atoms with Gasteiger partial charge in [0.25, 0.3) is 0 Å². The van der Waals surface area contributed by atoms with Crippen LogP contribution in [0.4, 0.5) is 5.69 Å². The minimum atomic E-state index is 0.0499. The van der Waals surface area contributed by atoms with Crippen LogP contribution < -0.4 is 16.4 Å². The van der Waals surface area contributed by atoms with Crippen LogP contribution in [0, 0.1) is 5.92 Å². The molecule has 1 rings (SSSR count). The third-order valence-corrected chi connectivity index (χ3v) is 2.61. The molecule has 104 valence electrons. The van der Waals surface area contributed by atoms with Crippen LogP contribution in [0.5, 0.6) is 0 Å². The Labute approximate surface area is 119 Å². The molecule has 0 bridgehead atoms. The first-order valence-electron chi connectivity index (χ1n) is 6.25. The van der Waals surface area contributed by atoms with Gasteiger partial charge in [0.15, 0.2) is 0 Å². The lowest BCUT2D eigenvalue weighted by atomic mass is 10.2. The van der Waals surface area contributed by atoms with Crippen LogP contribution in [0.3, 0.4) is 0 Å². The molecule has 0 spiro atoms. The van der Waals surface area contributed by atoms with Crippen molar-refractivity contribution in [3.05, 3.63) is 24.0 Å². The van der Waals surface area contributed by atoms with E-state index in [2.05, 4.69) is 29.5 Å². The minimum absolute atomic E-state index is 0.0499. The van der Waals surface area contributed by atoms with E-state index >= 15 is 0 Å². The Morgan fingerprint density at radius 1 is 1.47 bits per heavy atom. The topological polar surface area (TPSA) is 80.0 Å². The van der Waals surface area contributed by atoms with Crippen molar-refractivity contribution in [3.8, 4) is 0 Å². The van der Waals surface area contributed by atoms with Gasteiger partial charge in [0, 0.05) is 19.5 Å². The summed E-state index contributed by atoms with van der Waals surface area (Å²) < 4.78 is 0. The number of amides is 1. The van der Waals surface area contributed by atoms with E-state index < -0.39 is 0 Å². The Morgan fingerprint density at radius 3 is 2.74 bits per heavy atom. The van der Waals surface area contributed by atoms with Crippen LogP contribution in [0.15, 0.2) is 18.3 Å². The predicted octanol–water partition coefficient (Wildman–Crippen LogP) is 1.29. The van der Waals surface area contributed by atoms with Crippen molar-refractivity contribution in [2.75, 3.05) is 18.4 Å². The maximum atomic E-state index is 11.5. The fraction of sp³-hybridized carbons (Fsp3) is 0.462. The zero-order valence-corrected chi connectivity index (χ0v) is 12.1. The monoisotopic (exact) mass is 280 g/mol. The summed E-state index contributed by atoms with van der Waals surface area (Å²) in [6.07, 6.45) is 2.09. The van der Waals surface area contributed by atoms with E-state index in [-0.39, 0.29) is 10.9 Å². The van der Waals surface area contributed by atoms with Crippen LogP contribution in [0.25, 0.3) is 0 Å². The molecule has 0 unspecified atom stereocenters. The normalized spacial score (nSPS) is 10.3. The fourth-order valence-corrected chi connectivity index (χ4v) is 1.49. The quantitative estimate of drug-likeness (QED) is 0.656. The predicted molar refractivity (Wildman–Crippen MR) is 81.1 cm³/mol.